The largest absolute Gasteiger partial charge is 0.482 e. The lowest BCUT2D eigenvalue weighted by atomic mass is 9.85. The number of aromatic nitrogens is 3. The van der Waals surface area contributed by atoms with Crippen LogP contribution in [0.1, 0.15) is 25.0 Å². The molecule has 6 aromatic carbocycles. The van der Waals surface area contributed by atoms with E-state index in [9.17, 15) is 5.26 Å². The number of fused-ring (bicyclic) bond motifs is 3. The Bertz CT molecular complexity index is 2360. The van der Waals surface area contributed by atoms with Gasteiger partial charge in [-0.2, -0.15) is 5.26 Å². The Morgan fingerprint density at radius 2 is 1.04 bits per heavy atom. The minimum atomic E-state index is -0.477. The molecule has 5 heteroatoms. The first kappa shape index (κ1) is 29.1. The molecule has 0 unspecified atom stereocenters. The van der Waals surface area contributed by atoms with Crippen molar-refractivity contribution in [2.24, 2.45) is 0 Å². The number of hydrogen-bond donors (Lipinski definition) is 0. The van der Waals surface area contributed by atoms with E-state index in [4.69, 9.17) is 19.7 Å². The molecule has 48 heavy (non-hydrogen) atoms. The van der Waals surface area contributed by atoms with Crippen LogP contribution in [0.4, 0.5) is 0 Å². The highest BCUT2D eigenvalue weighted by Crippen LogP contribution is 2.46. The number of hydrogen-bond acceptors (Lipinski definition) is 5. The predicted octanol–water partition coefficient (Wildman–Crippen LogP) is 10.4. The van der Waals surface area contributed by atoms with Crippen molar-refractivity contribution in [2.75, 3.05) is 0 Å². The van der Waals surface area contributed by atoms with Gasteiger partial charge in [-0.1, -0.05) is 115 Å². The van der Waals surface area contributed by atoms with Crippen LogP contribution in [0, 0.1) is 11.3 Å². The van der Waals surface area contributed by atoms with E-state index in [1.165, 1.54) is 5.56 Å². The summed E-state index contributed by atoms with van der Waals surface area (Å²) in [7, 11) is 0. The SMILES string of the molecule is CC1(C)Oc2cc(-c3cc(C#N)cc(-c4nc(-c5ccccc5)nc(-c5cccc(-c6ccccc6)c5)n4)c3)ccc2-c2ccccc21. The zero-order chi connectivity index (χ0) is 32.7. The number of benzene rings is 6. The maximum Gasteiger partial charge on any atom is 0.164 e. The first-order valence-corrected chi connectivity index (χ1v) is 15.9. The normalized spacial score (nSPS) is 12.7. The summed E-state index contributed by atoms with van der Waals surface area (Å²) in [6, 6.07) is 51.2. The lowest BCUT2D eigenvalue weighted by Gasteiger charge is -2.35. The molecule has 0 N–H and O–H groups in total. The highest BCUT2D eigenvalue weighted by Gasteiger charge is 2.32. The van der Waals surface area contributed by atoms with Crippen LogP contribution in [-0.2, 0) is 5.60 Å². The van der Waals surface area contributed by atoms with Crippen molar-refractivity contribution in [1.29, 1.82) is 5.26 Å². The minimum absolute atomic E-state index is 0.477. The predicted molar refractivity (Wildman–Crippen MR) is 191 cm³/mol. The van der Waals surface area contributed by atoms with E-state index in [0.29, 0.717) is 23.0 Å². The molecule has 0 atom stereocenters. The summed E-state index contributed by atoms with van der Waals surface area (Å²) in [6.07, 6.45) is 0. The Labute approximate surface area is 279 Å². The first-order chi connectivity index (χ1) is 23.4. The van der Waals surface area contributed by atoms with Gasteiger partial charge in [0.15, 0.2) is 17.5 Å². The third-order valence-electron chi connectivity index (χ3n) is 8.76. The van der Waals surface area contributed by atoms with Crippen molar-refractivity contribution in [3.63, 3.8) is 0 Å². The van der Waals surface area contributed by atoms with Crippen molar-refractivity contribution in [2.45, 2.75) is 19.4 Å². The number of nitriles is 1. The molecule has 0 spiro atoms. The fraction of sp³-hybridized carbons (Fsp3) is 0.0698. The molecule has 0 bridgehead atoms. The zero-order valence-corrected chi connectivity index (χ0v) is 26.6. The number of nitrogens with zero attached hydrogens (tertiary/aromatic N) is 4. The smallest absolute Gasteiger partial charge is 0.164 e. The van der Waals surface area contributed by atoms with Gasteiger partial charge in [0, 0.05) is 27.8 Å². The molecule has 228 valence electrons. The van der Waals surface area contributed by atoms with Crippen molar-refractivity contribution in [3.05, 3.63) is 157 Å². The molecule has 1 aliphatic rings. The molecular weight excluding hydrogens is 589 g/mol. The van der Waals surface area contributed by atoms with Crippen molar-refractivity contribution in [1.82, 2.24) is 15.0 Å². The van der Waals surface area contributed by atoms with Crippen LogP contribution in [0.25, 0.3) is 67.5 Å². The Balaban J connectivity index is 1.26. The fourth-order valence-electron chi connectivity index (χ4n) is 6.39. The third kappa shape index (κ3) is 5.40. The van der Waals surface area contributed by atoms with Crippen molar-refractivity contribution in [3.8, 4) is 79.4 Å². The Morgan fingerprint density at radius 3 is 1.79 bits per heavy atom. The van der Waals surface area contributed by atoms with E-state index in [-0.39, 0.29) is 0 Å². The lowest BCUT2D eigenvalue weighted by Crippen LogP contribution is -2.29. The summed E-state index contributed by atoms with van der Waals surface area (Å²) >= 11 is 0. The van der Waals surface area contributed by atoms with Crippen molar-refractivity contribution < 1.29 is 4.74 Å². The van der Waals surface area contributed by atoms with Crippen LogP contribution < -0.4 is 4.74 Å². The summed E-state index contributed by atoms with van der Waals surface area (Å²) in [5.41, 5.74) is 9.92. The molecule has 0 fully saturated rings. The van der Waals surface area contributed by atoms with Gasteiger partial charge >= 0.3 is 0 Å². The summed E-state index contributed by atoms with van der Waals surface area (Å²) in [6.45, 7) is 4.18. The summed E-state index contributed by atoms with van der Waals surface area (Å²) in [5.74, 6) is 2.43. The molecule has 5 nitrogen and oxygen atoms in total. The van der Waals surface area contributed by atoms with Gasteiger partial charge < -0.3 is 4.74 Å². The van der Waals surface area contributed by atoms with Gasteiger partial charge in [-0.05, 0) is 72.0 Å². The summed E-state index contributed by atoms with van der Waals surface area (Å²) in [5, 5.41) is 10.1. The van der Waals surface area contributed by atoms with Crippen molar-refractivity contribution >= 4 is 0 Å². The lowest BCUT2D eigenvalue weighted by molar-refractivity contribution is 0.106. The van der Waals surface area contributed by atoms with E-state index >= 15 is 0 Å². The van der Waals surface area contributed by atoms with Crippen LogP contribution in [0.5, 0.6) is 5.75 Å². The second kappa shape index (κ2) is 11.8. The van der Waals surface area contributed by atoms with E-state index in [1.54, 1.807) is 0 Å². The molecule has 1 aliphatic heterocycles. The monoisotopic (exact) mass is 618 g/mol. The highest BCUT2D eigenvalue weighted by molar-refractivity contribution is 5.82. The average Bonchev–Trinajstić information content (AvgIpc) is 3.15. The maximum absolute atomic E-state index is 10.1. The molecule has 8 rings (SSSR count). The zero-order valence-electron chi connectivity index (χ0n) is 26.6. The van der Waals surface area contributed by atoms with Crippen LogP contribution in [0.3, 0.4) is 0 Å². The topological polar surface area (TPSA) is 71.7 Å². The van der Waals surface area contributed by atoms with Gasteiger partial charge in [-0.3, -0.25) is 0 Å². The molecule has 0 radical (unpaired) electrons. The summed E-state index contributed by atoms with van der Waals surface area (Å²) < 4.78 is 6.55. The summed E-state index contributed by atoms with van der Waals surface area (Å²) in [4.78, 5) is 14.9. The standard InChI is InChI=1S/C43H30N4O/c1-43(2)38-19-10-9-18-36(38)37-21-20-32(26-39(37)48-43)34-22-28(27-44)23-35(25-34)42-46-40(30-14-7-4-8-15-30)45-41(47-42)33-17-11-16-31(24-33)29-12-5-3-6-13-29/h3-26H,1-2H3. The Morgan fingerprint density at radius 1 is 0.479 bits per heavy atom. The third-order valence-corrected chi connectivity index (χ3v) is 8.76. The molecule has 1 aromatic heterocycles. The van der Waals surface area contributed by atoms with Gasteiger partial charge in [0.25, 0.3) is 0 Å². The second-order valence-electron chi connectivity index (χ2n) is 12.4. The minimum Gasteiger partial charge on any atom is -0.482 e. The van der Waals surface area contributed by atoms with E-state index in [1.807, 2.05) is 84.9 Å². The van der Waals surface area contributed by atoms with Gasteiger partial charge in [0.05, 0.1) is 11.6 Å². The number of rotatable bonds is 5. The highest BCUT2D eigenvalue weighted by atomic mass is 16.5. The first-order valence-electron chi connectivity index (χ1n) is 15.9. The molecule has 7 aromatic rings. The average molecular weight is 619 g/mol. The van der Waals surface area contributed by atoms with Gasteiger partial charge in [-0.15, -0.1) is 0 Å². The number of ether oxygens (including phenoxy) is 1. The van der Waals surface area contributed by atoms with Crippen LogP contribution in [-0.4, -0.2) is 15.0 Å². The van der Waals surface area contributed by atoms with Crippen LogP contribution >= 0.6 is 0 Å². The van der Waals surface area contributed by atoms with E-state index in [0.717, 1.165) is 55.8 Å². The Kier molecular flexibility index (Phi) is 7.12. The van der Waals surface area contributed by atoms with Crippen LogP contribution in [0.15, 0.2) is 146 Å². The van der Waals surface area contributed by atoms with Gasteiger partial charge in [-0.25, -0.2) is 15.0 Å². The van der Waals surface area contributed by atoms with E-state index in [2.05, 4.69) is 80.6 Å². The molecule has 0 amide bonds. The second-order valence-corrected chi connectivity index (χ2v) is 12.4. The molecule has 0 aliphatic carbocycles. The molecule has 2 heterocycles. The maximum atomic E-state index is 10.1. The van der Waals surface area contributed by atoms with E-state index < -0.39 is 5.60 Å². The van der Waals surface area contributed by atoms with Gasteiger partial charge in [0.2, 0.25) is 0 Å². The molecule has 0 saturated heterocycles. The quantitative estimate of drug-likeness (QED) is 0.192. The molecule has 0 saturated carbocycles. The fourth-order valence-corrected chi connectivity index (χ4v) is 6.39. The van der Waals surface area contributed by atoms with Gasteiger partial charge in [0.1, 0.15) is 11.4 Å². The molecular formula is C43H30N4O. The van der Waals surface area contributed by atoms with Crippen LogP contribution in [0.2, 0.25) is 0 Å². The Hall–Kier alpha value is -6.38.